The molecule has 2 aromatic carbocycles. The molecule has 2 atom stereocenters. The molecule has 0 aromatic heterocycles. The summed E-state index contributed by atoms with van der Waals surface area (Å²) in [5, 5.41) is -0.793. The molecule has 0 heterocycles. The summed E-state index contributed by atoms with van der Waals surface area (Å²) >= 11 is 0. The number of Topliss-reactive ketones (excluding diaryl/α,β-unsaturated/α-hetero) is 1. The minimum atomic E-state index is -3.61. The Kier molecular flexibility index (Phi) is 4.62. The van der Waals surface area contributed by atoms with Crippen LogP contribution in [0.5, 0.6) is 0 Å². The van der Waals surface area contributed by atoms with Crippen molar-refractivity contribution in [3.63, 3.8) is 0 Å². The van der Waals surface area contributed by atoms with E-state index in [1.165, 1.54) is 0 Å². The van der Waals surface area contributed by atoms with E-state index in [9.17, 15) is 13.2 Å². The molecule has 3 rings (SSSR count). The molecule has 3 nitrogen and oxygen atoms in total. The molecule has 120 valence electrons. The van der Waals surface area contributed by atoms with Crippen LogP contribution in [0.25, 0.3) is 0 Å². The lowest BCUT2D eigenvalue weighted by Gasteiger charge is -2.29. The smallest absolute Gasteiger partial charge is 0.186 e. The number of ketones is 1. The Labute approximate surface area is 137 Å². The van der Waals surface area contributed by atoms with E-state index in [4.69, 9.17) is 0 Å². The second-order valence-corrected chi connectivity index (χ2v) is 8.08. The van der Waals surface area contributed by atoms with Crippen LogP contribution in [0.1, 0.15) is 36.5 Å². The molecule has 0 spiro atoms. The summed E-state index contributed by atoms with van der Waals surface area (Å²) in [6.45, 7) is 0. The Hall–Kier alpha value is -1.94. The van der Waals surface area contributed by atoms with Crippen molar-refractivity contribution >= 4 is 15.6 Å². The van der Waals surface area contributed by atoms with Crippen molar-refractivity contribution in [2.24, 2.45) is 5.92 Å². The summed E-state index contributed by atoms with van der Waals surface area (Å²) in [6.07, 6.45) is 2.90. The number of hydrogen-bond acceptors (Lipinski definition) is 3. The Balaban J connectivity index is 2.10. The van der Waals surface area contributed by atoms with Crippen molar-refractivity contribution in [2.75, 3.05) is 0 Å². The predicted octanol–water partition coefficient (Wildman–Crippen LogP) is 3.96. The monoisotopic (exact) mass is 328 g/mol. The number of sulfone groups is 1. The van der Waals surface area contributed by atoms with E-state index in [-0.39, 0.29) is 10.7 Å². The molecular formula is C19H20O3S. The minimum absolute atomic E-state index is 0.0737. The van der Waals surface area contributed by atoms with E-state index in [0.717, 1.165) is 12.8 Å². The van der Waals surface area contributed by atoms with Crippen molar-refractivity contribution in [3.05, 3.63) is 66.2 Å². The van der Waals surface area contributed by atoms with Gasteiger partial charge in [0, 0.05) is 12.3 Å². The van der Waals surface area contributed by atoms with Crippen LogP contribution in [0, 0.1) is 5.92 Å². The van der Waals surface area contributed by atoms with Crippen LogP contribution in [0.15, 0.2) is 65.6 Å². The van der Waals surface area contributed by atoms with E-state index >= 15 is 0 Å². The Bertz CT molecular complexity index is 767. The van der Waals surface area contributed by atoms with Crippen LogP contribution in [0.4, 0.5) is 0 Å². The Morgan fingerprint density at radius 2 is 1.48 bits per heavy atom. The van der Waals surface area contributed by atoms with Gasteiger partial charge in [-0.3, -0.25) is 4.79 Å². The first-order valence-electron chi connectivity index (χ1n) is 7.97. The molecule has 2 aromatic rings. The molecule has 0 N–H and O–H groups in total. The zero-order valence-corrected chi connectivity index (χ0v) is 13.7. The van der Waals surface area contributed by atoms with Crippen LogP contribution < -0.4 is 0 Å². The van der Waals surface area contributed by atoms with E-state index in [2.05, 4.69) is 0 Å². The quantitative estimate of drug-likeness (QED) is 0.853. The van der Waals surface area contributed by atoms with Gasteiger partial charge in [0.25, 0.3) is 0 Å². The predicted molar refractivity (Wildman–Crippen MR) is 89.8 cm³/mol. The summed E-state index contributed by atoms with van der Waals surface area (Å²) < 4.78 is 26.5. The fourth-order valence-corrected chi connectivity index (χ4v) is 5.42. The van der Waals surface area contributed by atoms with Crippen molar-refractivity contribution in [2.45, 2.75) is 35.8 Å². The van der Waals surface area contributed by atoms with Crippen LogP contribution in [0.3, 0.4) is 0 Å². The highest BCUT2D eigenvalue weighted by Gasteiger charge is 2.40. The summed E-state index contributed by atoms with van der Waals surface area (Å²) in [4.78, 5) is 12.7. The second-order valence-electron chi connectivity index (χ2n) is 6.01. The summed E-state index contributed by atoms with van der Waals surface area (Å²) in [6, 6.07) is 17.6. The molecule has 2 unspecified atom stereocenters. The fourth-order valence-electron chi connectivity index (χ4n) is 3.36. The van der Waals surface area contributed by atoms with Gasteiger partial charge in [0.15, 0.2) is 9.84 Å². The van der Waals surface area contributed by atoms with Crippen molar-refractivity contribution in [3.8, 4) is 0 Å². The standard InChI is InChI=1S/C19H20O3S/c20-18-14-8-7-13-17(18)19(15-9-3-1-4-10-15)23(21,22)16-11-5-2-6-12-16/h1-6,9-12,17,19H,7-8,13-14H2. The number of rotatable bonds is 4. The van der Waals surface area contributed by atoms with E-state index in [1.807, 2.05) is 30.3 Å². The molecule has 0 aliphatic heterocycles. The fraction of sp³-hybridized carbons (Fsp3) is 0.316. The zero-order valence-electron chi connectivity index (χ0n) is 12.9. The van der Waals surface area contributed by atoms with E-state index in [0.29, 0.717) is 18.4 Å². The molecule has 0 bridgehead atoms. The van der Waals surface area contributed by atoms with E-state index < -0.39 is 21.0 Å². The van der Waals surface area contributed by atoms with Crippen LogP contribution in [0.2, 0.25) is 0 Å². The lowest BCUT2D eigenvalue weighted by molar-refractivity contribution is -0.124. The molecular weight excluding hydrogens is 308 g/mol. The van der Waals surface area contributed by atoms with Gasteiger partial charge >= 0.3 is 0 Å². The van der Waals surface area contributed by atoms with Gasteiger partial charge in [0.05, 0.1) is 4.90 Å². The number of carbonyl (C=O) groups is 1. The molecule has 1 aliphatic carbocycles. The third kappa shape index (κ3) is 3.22. The topological polar surface area (TPSA) is 51.2 Å². The molecule has 0 amide bonds. The van der Waals surface area contributed by atoms with Gasteiger partial charge < -0.3 is 0 Å². The summed E-state index contributed by atoms with van der Waals surface area (Å²) in [5.41, 5.74) is 0.705. The molecule has 0 radical (unpaired) electrons. The molecule has 4 heteroatoms. The van der Waals surface area contributed by atoms with Gasteiger partial charge in [0.1, 0.15) is 11.0 Å². The lowest BCUT2D eigenvalue weighted by atomic mass is 9.83. The first kappa shape index (κ1) is 15.9. The molecule has 1 aliphatic rings. The molecule has 1 fully saturated rings. The van der Waals surface area contributed by atoms with Crippen molar-refractivity contribution in [1.82, 2.24) is 0 Å². The zero-order chi connectivity index (χ0) is 16.3. The van der Waals surface area contributed by atoms with Gasteiger partial charge in [-0.25, -0.2) is 8.42 Å². The van der Waals surface area contributed by atoms with E-state index in [1.54, 1.807) is 30.3 Å². The van der Waals surface area contributed by atoms with Gasteiger partial charge in [-0.15, -0.1) is 0 Å². The summed E-state index contributed by atoms with van der Waals surface area (Å²) in [7, 11) is -3.61. The maximum atomic E-state index is 13.2. The first-order chi connectivity index (χ1) is 11.1. The number of benzene rings is 2. The first-order valence-corrected chi connectivity index (χ1v) is 9.52. The largest absolute Gasteiger partial charge is 0.299 e. The van der Waals surface area contributed by atoms with Crippen molar-refractivity contribution < 1.29 is 13.2 Å². The van der Waals surface area contributed by atoms with Gasteiger partial charge in [0.2, 0.25) is 0 Å². The normalized spacial score (nSPS) is 20.2. The van der Waals surface area contributed by atoms with Crippen molar-refractivity contribution in [1.29, 1.82) is 0 Å². The van der Waals surface area contributed by atoms with Gasteiger partial charge in [-0.1, -0.05) is 55.0 Å². The molecule has 23 heavy (non-hydrogen) atoms. The maximum absolute atomic E-state index is 13.2. The summed E-state index contributed by atoms with van der Waals surface area (Å²) in [5.74, 6) is -0.374. The van der Waals surface area contributed by atoms with Gasteiger partial charge in [-0.05, 0) is 30.5 Å². The highest BCUT2D eigenvalue weighted by Crippen LogP contribution is 2.40. The van der Waals surface area contributed by atoms with Crippen LogP contribution in [-0.4, -0.2) is 14.2 Å². The Morgan fingerprint density at radius 3 is 2.09 bits per heavy atom. The average molecular weight is 328 g/mol. The number of carbonyl (C=O) groups excluding carboxylic acids is 1. The third-order valence-corrected chi connectivity index (χ3v) is 6.70. The highest BCUT2D eigenvalue weighted by molar-refractivity contribution is 7.91. The molecule has 0 saturated heterocycles. The van der Waals surface area contributed by atoms with Gasteiger partial charge in [-0.2, -0.15) is 0 Å². The third-order valence-electron chi connectivity index (χ3n) is 4.50. The SMILES string of the molecule is O=C1CCCCC1C(c1ccccc1)S(=O)(=O)c1ccccc1. The van der Waals surface area contributed by atoms with Crippen LogP contribution in [-0.2, 0) is 14.6 Å². The maximum Gasteiger partial charge on any atom is 0.186 e. The van der Waals surface area contributed by atoms with Crippen LogP contribution >= 0.6 is 0 Å². The Morgan fingerprint density at radius 1 is 0.870 bits per heavy atom. The lowest BCUT2D eigenvalue weighted by Crippen LogP contribution is -2.30. The molecule has 1 saturated carbocycles. The highest BCUT2D eigenvalue weighted by atomic mass is 32.2. The average Bonchev–Trinajstić information content (AvgIpc) is 2.58. The minimum Gasteiger partial charge on any atom is -0.299 e. The second kappa shape index (κ2) is 6.67. The number of hydrogen-bond donors (Lipinski definition) is 0.